The number of carbonyl (C=O) groups excluding carboxylic acids is 1. The molecule has 134 valence electrons. The molecule has 1 aliphatic carbocycles. The summed E-state index contributed by atoms with van der Waals surface area (Å²) in [5.74, 6) is 1.25. The SMILES string of the molecule is C[C@@H](NC(=O)N(C)Cc1cc(-c2ccncc2)no1)C1CCCCC1. The number of carbonyl (C=O) groups is 1. The van der Waals surface area contributed by atoms with E-state index in [0.717, 1.165) is 11.3 Å². The highest BCUT2D eigenvalue weighted by molar-refractivity contribution is 5.74. The average molecular weight is 342 g/mol. The third-order valence-corrected chi connectivity index (χ3v) is 4.98. The van der Waals surface area contributed by atoms with Gasteiger partial charge in [-0.15, -0.1) is 0 Å². The van der Waals surface area contributed by atoms with Crippen LogP contribution < -0.4 is 5.32 Å². The Morgan fingerprint density at radius 3 is 2.76 bits per heavy atom. The lowest BCUT2D eigenvalue weighted by molar-refractivity contribution is 0.188. The fraction of sp³-hybridized carbons (Fsp3) is 0.526. The molecule has 1 saturated carbocycles. The predicted molar refractivity (Wildman–Crippen MR) is 95.8 cm³/mol. The average Bonchev–Trinajstić information content (AvgIpc) is 3.11. The van der Waals surface area contributed by atoms with Crippen molar-refractivity contribution in [3.63, 3.8) is 0 Å². The maximum absolute atomic E-state index is 12.4. The Labute approximate surface area is 148 Å². The van der Waals surface area contributed by atoms with Crippen molar-refractivity contribution >= 4 is 6.03 Å². The Morgan fingerprint density at radius 1 is 1.32 bits per heavy atom. The molecule has 0 unspecified atom stereocenters. The van der Waals surface area contributed by atoms with E-state index in [9.17, 15) is 4.79 Å². The van der Waals surface area contributed by atoms with Crippen molar-refractivity contribution in [2.24, 2.45) is 5.92 Å². The van der Waals surface area contributed by atoms with Gasteiger partial charge in [0.1, 0.15) is 5.69 Å². The van der Waals surface area contributed by atoms with Gasteiger partial charge < -0.3 is 14.7 Å². The van der Waals surface area contributed by atoms with E-state index in [-0.39, 0.29) is 12.1 Å². The van der Waals surface area contributed by atoms with E-state index in [1.165, 1.54) is 32.1 Å². The third kappa shape index (κ3) is 4.59. The molecular weight excluding hydrogens is 316 g/mol. The van der Waals surface area contributed by atoms with Crippen LogP contribution in [0.2, 0.25) is 0 Å². The minimum absolute atomic E-state index is 0.0695. The first-order valence-electron chi connectivity index (χ1n) is 9.01. The van der Waals surface area contributed by atoms with Gasteiger partial charge in [0, 0.05) is 37.1 Å². The van der Waals surface area contributed by atoms with Gasteiger partial charge in [0.15, 0.2) is 5.76 Å². The predicted octanol–water partition coefficient (Wildman–Crippen LogP) is 3.85. The van der Waals surface area contributed by atoms with Gasteiger partial charge in [-0.1, -0.05) is 24.4 Å². The molecule has 2 amide bonds. The number of hydrogen-bond acceptors (Lipinski definition) is 4. The molecule has 2 aromatic heterocycles. The summed E-state index contributed by atoms with van der Waals surface area (Å²) in [5.41, 5.74) is 1.70. The van der Waals surface area contributed by atoms with Crippen molar-refractivity contribution in [2.75, 3.05) is 7.05 Å². The monoisotopic (exact) mass is 342 g/mol. The number of rotatable bonds is 5. The minimum atomic E-state index is -0.0695. The number of amides is 2. The maximum Gasteiger partial charge on any atom is 0.317 e. The Morgan fingerprint density at radius 2 is 2.04 bits per heavy atom. The first-order valence-corrected chi connectivity index (χ1v) is 9.01. The summed E-state index contributed by atoms with van der Waals surface area (Å²) in [6.45, 7) is 2.50. The van der Waals surface area contributed by atoms with Gasteiger partial charge in [-0.2, -0.15) is 0 Å². The summed E-state index contributed by atoms with van der Waals surface area (Å²) >= 11 is 0. The molecule has 0 aliphatic heterocycles. The molecule has 2 heterocycles. The van der Waals surface area contributed by atoms with Crippen molar-refractivity contribution in [1.29, 1.82) is 0 Å². The second-order valence-electron chi connectivity index (χ2n) is 6.91. The van der Waals surface area contributed by atoms with E-state index in [0.29, 0.717) is 18.2 Å². The molecule has 2 aromatic rings. The topological polar surface area (TPSA) is 71.3 Å². The van der Waals surface area contributed by atoms with Gasteiger partial charge in [-0.3, -0.25) is 4.98 Å². The van der Waals surface area contributed by atoms with Gasteiger partial charge in [0.25, 0.3) is 0 Å². The molecule has 0 aromatic carbocycles. The smallest absolute Gasteiger partial charge is 0.317 e. The van der Waals surface area contributed by atoms with E-state index >= 15 is 0 Å². The zero-order valence-corrected chi connectivity index (χ0v) is 14.9. The molecule has 0 radical (unpaired) electrons. The molecule has 3 rings (SSSR count). The second kappa shape index (κ2) is 8.14. The van der Waals surface area contributed by atoms with Gasteiger partial charge in [0.05, 0.1) is 6.54 Å². The lowest BCUT2D eigenvalue weighted by Crippen LogP contribution is -2.44. The van der Waals surface area contributed by atoms with Crippen molar-refractivity contribution in [1.82, 2.24) is 20.4 Å². The fourth-order valence-electron chi connectivity index (χ4n) is 3.41. The van der Waals surface area contributed by atoms with Gasteiger partial charge in [0.2, 0.25) is 0 Å². The highest BCUT2D eigenvalue weighted by Crippen LogP contribution is 2.26. The molecule has 0 spiro atoms. The largest absolute Gasteiger partial charge is 0.359 e. The Kier molecular flexibility index (Phi) is 5.68. The van der Waals surface area contributed by atoms with Gasteiger partial charge >= 0.3 is 6.03 Å². The summed E-state index contributed by atoms with van der Waals surface area (Å²) in [6, 6.07) is 5.76. The van der Waals surface area contributed by atoms with Crippen LogP contribution >= 0.6 is 0 Å². The first kappa shape index (κ1) is 17.5. The molecule has 0 bridgehead atoms. The van der Waals surface area contributed by atoms with Gasteiger partial charge in [-0.05, 0) is 37.8 Å². The maximum atomic E-state index is 12.4. The molecule has 0 saturated heterocycles. The van der Waals surface area contributed by atoms with Crippen LogP contribution in [-0.4, -0.2) is 34.2 Å². The van der Waals surface area contributed by atoms with Gasteiger partial charge in [-0.25, -0.2) is 4.79 Å². The van der Waals surface area contributed by atoms with E-state index < -0.39 is 0 Å². The number of nitrogens with zero attached hydrogens (tertiary/aromatic N) is 3. The number of urea groups is 1. The summed E-state index contributed by atoms with van der Waals surface area (Å²) < 4.78 is 5.37. The fourth-order valence-corrected chi connectivity index (χ4v) is 3.41. The summed E-state index contributed by atoms with van der Waals surface area (Å²) in [5, 5.41) is 7.20. The molecule has 25 heavy (non-hydrogen) atoms. The van der Waals surface area contributed by atoms with Crippen molar-refractivity contribution in [3.8, 4) is 11.3 Å². The van der Waals surface area contributed by atoms with E-state index in [2.05, 4.69) is 22.4 Å². The Balaban J connectivity index is 1.54. The van der Waals surface area contributed by atoms with Crippen LogP contribution in [0.15, 0.2) is 35.1 Å². The number of pyridine rings is 1. The normalized spacial score (nSPS) is 16.4. The quantitative estimate of drug-likeness (QED) is 0.896. The number of nitrogens with one attached hydrogen (secondary N) is 1. The van der Waals surface area contributed by atoms with E-state index in [4.69, 9.17) is 4.52 Å². The summed E-state index contributed by atoms with van der Waals surface area (Å²) in [6.07, 6.45) is 9.73. The molecule has 1 aliphatic rings. The van der Waals surface area contributed by atoms with E-state index in [1.54, 1.807) is 24.3 Å². The third-order valence-electron chi connectivity index (χ3n) is 4.98. The standard InChI is InChI=1S/C19H26N4O2/c1-14(15-6-4-3-5-7-15)21-19(24)23(2)13-17-12-18(22-25-17)16-8-10-20-11-9-16/h8-12,14-15H,3-7,13H2,1-2H3,(H,21,24)/t14-/m1/s1. The molecule has 1 N–H and O–H groups in total. The van der Waals surface area contributed by atoms with Crippen LogP contribution in [0.3, 0.4) is 0 Å². The Hall–Kier alpha value is -2.37. The lowest BCUT2D eigenvalue weighted by atomic mass is 9.84. The molecule has 6 heteroatoms. The number of aromatic nitrogens is 2. The second-order valence-corrected chi connectivity index (χ2v) is 6.91. The Bertz CT molecular complexity index is 680. The molecule has 1 atom stereocenters. The van der Waals surface area contributed by atoms with Crippen LogP contribution in [0.25, 0.3) is 11.3 Å². The zero-order valence-electron chi connectivity index (χ0n) is 14.9. The highest BCUT2D eigenvalue weighted by atomic mass is 16.5. The van der Waals surface area contributed by atoms with Crippen LogP contribution in [0, 0.1) is 5.92 Å². The first-order chi connectivity index (χ1) is 12.1. The van der Waals surface area contributed by atoms with Crippen molar-refractivity contribution in [2.45, 2.75) is 51.6 Å². The molecule has 6 nitrogen and oxygen atoms in total. The minimum Gasteiger partial charge on any atom is -0.359 e. The van der Waals surface area contributed by atoms with Crippen molar-refractivity contribution < 1.29 is 9.32 Å². The summed E-state index contributed by atoms with van der Waals surface area (Å²) in [4.78, 5) is 18.1. The zero-order chi connectivity index (χ0) is 17.6. The summed E-state index contributed by atoms with van der Waals surface area (Å²) in [7, 11) is 1.78. The van der Waals surface area contributed by atoms with E-state index in [1.807, 2.05) is 18.2 Å². The number of hydrogen-bond donors (Lipinski definition) is 1. The molecule has 1 fully saturated rings. The van der Waals surface area contributed by atoms with Crippen LogP contribution in [0.5, 0.6) is 0 Å². The highest BCUT2D eigenvalue weighted by Gasteiger charge is 2.23. The van der Waals surface area contributed by atoms with Crippen molar-refractivity contribution in [3.05, 3.63) is 36.4 Å². The van der Waals surface area contributed by atoms with Crippen LogP contribution in [0.4, 0.5) is 4.79 Å². The van der Waals surface area contributed by atoms with Crippen LogP contribution in [0.1, 0.15) is 44.8 Å². The molecular formula is C19H26N4O2. The van der Waals surface area contributed by atoms with Crippen LogP contribution in [-0.2, 0) is 6.54 Å². The lowest BCUT2D eigenvalue weighted by Gasteiger charge is -2.29.